The average molecular weight is 575 g/mol. The molecule has 3 aromatic heterocycles. The molecule has 4 heterocycles. The van der Waals surface area contributed by atoms with E-state index in [2.05, 4.69) is 72.7 Å². The van der Waals surface area contributed by atoms with Crippen LogP contribution in [0.5, 0.6) is 0 Å². The van der Waals surface area contributed by atoms with Crippen LogP contribution < -0.4 is 16.2 Å². The second kappa shape index (κ2) is 13.3. The van der Waals surface area contributed by atoms with Crippen molar-refractivity contribution in [2.45, 2.75) is 51.0 Å². The van der Waals surface area contributed by atoms with Crippen molar-refractivity contribution in [2.24, 2.45) is 0 Å². The van der Waals surface area contributed by atoms with Crippen molar-refractivity contribution in [3.05, 3.63) is 93.4 Å². The lowest BCUT2D eigenvalue weighted by atomic mass is 9.90. The third-order valence-electron chi connectivity index (χ3n) is 8.21. The number of aromatic nitrogens is 5. The van der Waals surface area contributed by atoms with E-state index in [0.717, 1.165) is 86.1 Å². The summed E-state index contributed by atoms with van der Waals surface area (Å²) in [4.78, 5) is 34.3. The van der Waals surface area contributed by atoms with E-state index in [1.165, 1.54) is 5.56 Å². The molecule has 220 valence electrons. The molecule has 2 N–H and O–H groups in total. The lowest BCUT2D eigenvalue weighted by molar-refractivity contribution is 0.411. The lowest BCUT2D eigenvalue weighted by Gasteiger charge is -2.23. The number of fused-ring (bicyclic) bond motifs is 1. The lowest BCUT2D eigenvalue weighted by Crippen LogP contribution is -2.26. The fourth-order valence-electron chi connectivity index (χ4n) is 5.75. The van der Waals surface area contributed by atoms with Crippen molar-refractivity contribution in [2.75, 3.05) is 39.0 Å². The van der Waals surface area contributed by atoms with E-state index in [1.54, 1.807) is 23.3 Å². The Morgan fingerprint density at radius 1 is 1.09 bits per heavy atom. The average Bonchev–Trinajstić information content (AvgIpc) is 3.56. The summed E-state index contributed by atoms with van der Waals surface area (Å²) >= 11 is 0. The molecule has 4 aromatic rings. The number of allylic oxidation sites excluding steroid dienone is 2. The zero-order valence-electron chi connectivity index (χ0n) is 24.9. The number of rotatable bonds is 8. The maximum Gasteiger partial charge on any atom is 0.268 e. The van der Waals surface area contributed by atoms with Gasteiger partial charge in [0.1, 0.15) is 12.0 Å². The van der Waals surface area contributed by atoms with Crippen molar-refractivity contribution in [1.29, 1.82) is 0 Å². The first-order valence-electron chi connectivity index (χ1n) is 15.2. The van der Waals surface area contributed by atoms with E-state index in [0.29, 0.717) is 29.6 Å². The molecule has 6 rings (SSSR count). The highest BCUT2D eigenvalue weighted by Gasteiger charge is 2.17. The molecule has 0 bridgehead atoms. The number of nitrogens with one attached hydrogen (secondary N) is 2. The van der Waals surface area contributed by atoms with E-state index in [9.17, 15) is 4.79 Å². The first-order chi connectivity index (χ1) is 21.0. The van der Waals surface area contributed by atoms with Gasteiger partial charge >= 0.3 is 0 Å². The molecule has 0 unspecified atom stereocenters. The summed E-state index contributed by atoms with van der Waals surface area (Å²) in [5.74, 6) is 7.40. The van der Waals surface area contributed by atoms with Crippen LogP contribution in [0.4, 0.5) is 11.6 Å². The molecule has 9 heteroatoms. The largest absolute Gasteiger partial charge is 0.324 e. The van der Waals surface area contributed by atoms with Gasteiger partial charge in [-0.3, -0.25) is 9.36 Å². The predicted octanol–water partition coefficient (Wildman–Crippen LogP) is 4.41. The molecule has 0 radical (unpaired) electrons. The van der Waals surface area contributed by atoms with Gasteiger partial charge in [0, 0.05) is 42.0 Å². The Bertz CT molecular complexity index is 1740. The summed E-state index contributed by atoms with van der Waals surface area (Å²) in [5.41, 5.74) is 5.95. The number of hydrogen-bond acceptors (Lipinski definition) is 8. The van der Waals surface area contributed by atoms with Gasteiger partial charge < -0.3 is 15.5 Å². The highest BCUT2D eigenvalue weighted by Crippen LogP contribution is 2.27. The minimum absolute atomic E-state index is 0.183. The fourth-order valence-corrected chi connectivity index (χ4v) is 5.75. The second-order valence-corrected chi connectivity index (χ2v) is 11.6. The van der Waals surface area contributed by atoms with Gasteiger partial charge in [0.2, 0.25) is 5.95 Å². The van der Waals surface area contributed by atoms with Crippen LogP contribution >= 0.6 is 0 Å². The number of hydrogen-bond donors (Lipinski definition) is 2. The highest BCUT2D eigenvalue weighted by molar-refractivity contribution is 5.77. The van der Waals surface area contributed by atoms with Crippen LogP contribution in [0.1, 0.15) is 60.4 Å². The maximum absolute atomic E-state index is 13.9. The van der Waals surface area contributed by atoms with E-state index >= 15 is 0 Å². The number of nitrogens with zero attached hydrogens (tertiary/aromatic N) is 6. The molecule has 9 nitrogen and oxygen atoms in total. The minimum Gasteiger partial charge on any atom is -0.324 e. The Morgan fingerprint density at radius 2 is 1.93 bits per heavy atom. The Hall–Kier alpha value is -4.39. The van der Waals surface area contributed by atoms with Crippen molar-refractivity contribution in [1.82, 2.24) is 34.7 Å². The van der Waals surface area contributed by atoms with E-state index in [4.69, 9.17) is 4.98 Å². The van der Waals surface area contributed by atoms with Crippen molar-refractivity contribution in [3.63, 3.8) is 0 Å². The second-order valence-electron chi connectivity index (χ2n) is 11.6. The fraction of sp³-hybridized carbons (Fsp3) is 0.382. The topological polar surface area (TPSA) is 101 Å². The summed E-state index contributed by atoms with van der Waals surface area (Å²) in [7, 11) is 4.07. The summed E-state index contributed by atoms with van der Waals surface area (Å²) in [6.07, 6.45) is 13.5. The Balaban J connectivity index is 1.35. The summed E-state index contributed by atoms with van der Waals surface area (Å²) in [5, 5.41) is 7.53. The van der Waals surface area contributed by atoms with E-state index in [1.807, 2.05) is 20.2 Å². The zero-order valence-corrected chi connectivity index (χ0v) is 24.9. The molecular weight excluding hydrogens is 536 g/mol. The molecular formula is C34H38N8O. The van der Waals surface area contributed by atoms with Gasteiger partial charge in [-0.25, -0.2) is 15.0 Å². The Labute approximate surface area is 252 Å². The molecule has 1 aromatic carbocycles. The van der Waals surface area contributed by atoms with E-state index in [-0.39, 0.29) is 5.56 Å². The van der Waals surface area contributed by atoms with Crippen molar-refractivity contribution < 1.29 is 0 Å². The van der Waals surface area contributed by atoms with E-state index < -0.39 is 0 Å². The van der Waals surface area contributed by atoms with Crippen molar-refractivity contribution in [3.8, 4) is 11.8 Å². The third kappa shape index (κ3) is 6.99. The molecule has 1 aliphatic carbocycles. The van der Waals surface area contributed by atoms with Crippen LogP contribution in [0, 0.1) is 11.8 Å². The number of likely N-dealkylation sites (N-methyl/N-ethyl adjacent to an activating group) is 1. The van der Waals surface area contributed by atoms with Crippen LogP contribution in [0.3, 0.4) is 0 Å². The third-order valence-corrected chi connectivity index (χ3v) is 8.21. The summed E-state index contributed by atoms with van der Waals surface area (Å²) in [6.45, 7) is 3.26. The molecule has 1 aliphatic heterocycles. The van der Waals surface area contributed by atoms with Crippen molar-refractivity contribution >= 4 is 22.7 Å². The van der Waals surface area contributed by atoms with Gasteiger partial charge in [-0.15, -0.1) is 0 Å². The maximum atomic E-state index is 13.9. The van der Waals surface area contributed by atoms with Crippen LogP contribution in [-0.4, -0.2) is 63.1 Å². The van der Waals surface area contributed by atoms with Gasteiger partial charge in [-0.05, 0) is 94.5 Å². The summed E-state index contributed by atoms with van der Waals surface area (Å²) < 4.78 is 1.69. The van der Waals surface area contributed by atoms with Gasteiger partial charge in [0.05, 0.1) is 17.8 Å². The first kappa shape index (κ1) is 28.7. The smallest absolute Gasteiger partial charge is 0.268 e. The molecule has 0 amide bonds. The van der Waals surface area contributed by atoms with Gasteiger partial charge in [0.25, 0.3) is 5.56 Å². The number of piperidine rings is 1. The Kier molecular flexibility index (Phi) is 8.87. The monoisotopic (exact) mass is 574 g/mol. The molecule has 0 spiro atoms. The molecule has 0 atom stereocenters. The SMILES string of the molecule is CN(C)CCc1ncncc1Cn1c(=O)c(C#CC2=CCCC2)cc2cnc(Nc3ccc(C4CCNCC4)cc3)nc21. The number of pyridine rings is 1. The first-order valence-corrected chi connectivity index (χ1v) is 15.2. The standard InChI is InChI=1S/C34H38N8O/c1-41(2)18-15-31-29(20-36-23-38-31)22-42-32-28(19-27(33(42)43)8-7-24-5-3-4-6-24)21-37-34(40-32)39-30-11-9-25(10-12-30)26-13-16-35-17-14-26/h5,9-12,19-21,23,26,35H,3-4,6,13-18,22H2,1-2H3,(H,37,39,40). The Morgan fingerprint density at radius 3 is 2.70 bits per heavy atom. The molecule has 1 saturated heterocycles. The van der Waals surface area contributed by atoms with Gasteiger partial charge in [-0.2, -0.15) is 4.98 Å². The van der Waals surface area contributed by atoms with Gasteiger partial charge in [-0.1, -0.05) is 30.0 Å². The number of anilines is 2. The number of benzene rings is 1. The van der Waals surface area contributed by atoms with Crippen LogP contribution in [0.15, 0.2) is 65.5 Å². The van der Waals surface area contributed by atoms with Crippen LogP contribution in [0.2, 0.25) is 0 Å². The molecule has 1 fully saturated rings. The van der Waals surface area contributed by atoms with Gasteiger partial charge in [0.15, 0.2) is 0 Å². The van der Waals surface area contributed by atoms with Crippen LogP contribution in [0.25, 0.3) is 11.0 Å². The summed E-state index contributed by atoms with van der Waals surface area (Å²) in [6, 6.07) is 10.3. The molecule has 43 heavy (non-hydrogen) atoms. The molecule has 2 aliphatic rings. The normalized spacial score (nSPS) is 15.4. The highest BCUT2D eigenvalue weighted by atomic mass is 16.1. The predicted molar refractivity (Wildman–Crippen MR) is 171 cm³/mol. The quantitative estimate of drug-likeness (QED) is 0.299. The minimum atomic E-state index is -0.183. The molecule has 0 saturated carbocycles. The zero-order chi connectivity index (χ0) is 29.6. The van der Waals surface area contributed by atoms with Crippen LogP contribution in [-0.2, 0) is 13.0 Å².